The van der Waals surface area contributed by atoms with Gasteiger partial charge in [-0.25, -0.2) is 0 Å². The zero-order chi connectivity index (χ0) is 13.9. The lowest BCUT2D eigenvalue weighted by Gasteiger charge is -2.18. The average Bonchev–Trinajstić information content (AvgIpc) is 2.62. The molecule has 1 heterocycles. The summed E-state index contributed by atoms with van der Waals surface area (Å²) < 4.78 is 0. The molecule has 4 heteroatoms. The highest BCUT2D eigenvalue weighted by Crippen LogP contribution is 2.38. The number of nitrogens with two attached hydrogens (primary N) is 1. The van der Waals surface area contributed by atoms with Crippen LogP contribution in [0.5, 0.6) is 0 Å². The first kappa shape index (κ1) is 16.3. The van der Waals surface area contributed by atoms with Crippen LogP contribution >= 0.6 is 24.0 Å². The van der Waals surface area contributed by atoms with Crippen LogP contribution in [-0.4, -0.2) is 12.8 Å². The fourth-order valence-electron chi connectivity index (χ4n) is 2.97. The molecule has 1 aromatic rings. The molecule has 112 valence electrons. The van der Waals surface area contributed by atoms with Crippen LogP contribution < -0.4 is 5.73 Å². The Balaban J connectivity index is 0.00000161. The van der Waals surface area contributed by atoms with Gasteiger partial charge in [0.2, 0.25) is 0 Å². The number of rotatable bonds is 3. The third kappa shape index (κ3) is 3.39. The average molecular weight is 323 g/mol. The van der Waals surface area contributed by atoms with E-state index in [2.05, 4.69) is 24.3 Å². The Labute approximate surface area is 137 Å². The molecule has 0 bridgehead atoms. The molecule has 1 aromatic carbocycles. The maximum absolute atomic E-state index is 6.20. The number of allylic oxidation sites excluding steroid dienone is 4. The molecule has 2 aliphatic rings. The summed E-state index contributed by atoms with van der Waals surface area (Å²) in [5, 5.41) is 0.784. The fraction of sp³-hybridized carbons (Fsp3) is 0.353. The van der Waals surface area contributed by atoms with Gasteiger partial charge in [0.15, 0.2) is 0 Å². The van der Waals surface area contributed by atoms with Crippen molar-refractivity contribution in [1.29, 1.82) is 0 Å². The van der Waals surface area contributed by atoms with E-state index in [9.17, 15) is 0 Å². The molecule has 0 fully saturated rings. The van der Waals surface area contributed by atoms with E-state index in [1.54, 1.807) is 0 Å². The molecule has 3 rings (SSSR count). The number of nitrogens with zero attached hydrogens (tertiary/aromatic N) is 1. The van der Waals surface area contributed by atoms with Gasteiger partial charge in [0.05, 0.1) is 6.04 Å². The molecule has 0 spiro atoms. The molecule has 1 unspecified atom stereocenters. The van der Waals surface area contributed by atoms with Crippen molar-refractivity contribution in [3.8, 4) is 0 Å². The molecule has 0 saturated carbocycles. The molecule has 2 N–H and O–H groups in total. The molecule has 1 aliphatic carbocycles. The smallest absolute Gasteiger partial charge is 0.0756 e. The Morgan fingerprint density at radius 3 is 3.00 bits per heavy atom. The monoisotopic (exact) mass is 322 g/mol. The summed E-state index contributed by atoms with van der Waals surface area (Å²) in [5.41, 5.74) is 10.9. The number of hydrogen-bond acceptors (Lipinski definition) is 2. The highest BCUT2D eigenvalue weighted by atomic mass is 35.5. The second-order valence-electron chi connectivity index (χ2n) is 5.33. The minimum absolute atomic E-state index is 0. The van der Waals surface area contributed by atoms with Crippen molar-refractivity contribution in [3.05, 3.63) is 52.1 Å². The summed E-state index contributed by atoms with van der Waals surface area (Å²) in [6.45, 7) is 0.703. The molecule has 2 nitrogen and oxygen atoms in total. The zero-order valence-corrected chi connectivity index (χ0v) is 13.5. The van der Waals surface area contributed by atoms with Gasteiger partial charge in [-0.05, 0) is 66.6 Å². The summed E-state index contributed by atoms with van der Waals surface area (Å²) in [7, 11) is 0. The van der Waals surface area contributed by atoms with E-state index in [-0.39, 0.29) is 18.4 Å². The Hall–Kier alpha value is -1.09. The van der Waals surface area contributed by atoms with Gasteiger partial charge in [0, 0.05) is 11.2 Å². The van der Waals surface area contributed by atoms with Gasteiger partial charge in [-0.1, -0.05) is 29.8 Å². The lowest BCUT2D eigenvalue weighted by atomic mass is 9.87. The topological polar surface area (TPSA) is 38.4 Å². The van der Waals surface area contributed by atoms with Crippen LogP contribution in [0.2, 0.25) is 5.02 Å². The zero-order valence-electron chi connectivity index (χ0n) is 11.9. The first-order chi connectivity index (χ1) is 9.79. The van der Waals surface area contributed by atoms with Gasteiger partial charge in [-0.15, -0.1) is 12.4 Å². The lowest BCUT2D eigenvalue weighted by molar-refractivity contribution is 0.622. The van der Waals surface area contributed by atoms with Crippen LogP contribution in [0.15, 0.2) is 40.9 Å². The highest BCUT2D eigenvalue weighted by molar-refractivity contribution is 6.30. The van der Waals surface area contributed by atoms with Crippen molar-refractivity contribution < 1.29 is 0 Å². The Bertz CT molecular complexity index is 603. The van der Waals surface area contributed by atoms with Gasteiger partial charge >= 0.3 is 0 Å². The predicted octanol–water partition coefficient (Wildman–Crippen LogP) is 4.73. The van der Waals surface area contributed by atoms with Crippen molar-refractivity contribution in [2.24, 2.45) is 10.7 Å². The van der Waals surface area contributed by atoms with E-state index in [0.717, 1.165) is 30.7 Å². The molecular formula is C17H20Cl2N2. The van der Waals surface area contributed by atoms with E-state index in [1.807, 2.05) is 12.3 Å². The summed E-state index contributed by atoms with van der Waals surface area (Å²) in [5.74, 6) is 0. The maximum atomic E-state index is 6.20. The third-order valence-corrected chi connectivity index (χ3v) is 4.21. The largest absolute Gasteiger partial charge is 0.330 e. The van der Waals surface area contributed by atoms with E-state index >= 15 is 0 Å². The van der Waals surface area contributed by atoms with Crippen molar-refractivity contribution in [3.63, 3.8) is 0 Å². The molecule has 0 amide bonds. The van der Waals surface area contributed by atoms with Crippen molar-refractivity contribution in [2.45, 2.75) is 31.7 Å². The number of halogens is 2. The van der Waals surface area contributed by atoms with Crippen LogP contribution in [0.3, 0.4) is 0 Å². The summed E-state index contributed by atoms with van der Waals surface area (Å²) >= 11 is 6.20. The molecule has 0 radical (unpaired) electrons. The first-order valence-corrected chi connectivity index (χ1v) is 7.60. The fourth-order valence-corrected chi connectivity index (χ4v) is 3.15. The molecule has 21 heavy (non-hydrogen) atoms. The predicted molar refractivity (Wildman–Crippen MR) is 93.5 cm³/mol. The number of aliphatic imine (C=N–C) groups is 1. The Morgan fingerprint density at radius 1 is 1.33 bits per heavy atom. The Kier molecular flexibility index (Phi) is 5.63. The van der Waals surface area contributed by atoms with Crippen LogP contribution in [0.1, 0.15) is 42.9 Å². The minimum Gasteiger partial charge on any atom is -0.330 e. The van der Waals surface area contributed by atoms with E-state index in [0.29, 0.717) is 6.54 Å². The number of hydrogen-bond donors (Lipinski definition) is 1. The molecule has 0 aromatic heterocycles. The normalized spacial score (nSPS) is 19.6. The van der Waals surface area contributed by atoms with Gasteiger partial charge in [0.1, 0.15) is 0 Å². The van der Waals surface area contributed by atoms with Gasteiger partial charge in [-0.3, -0.25) is 4.99 Å². The highest BCUT2D eigenvalue weighted by Gasteiger charge is 2.21. The molecule has 1 aliphatic heterocycles. The quantitative estimate of drug-likeness (QED) is 0.858. The molecular weight excluding hydrogens is 303 g/mol. The Morgan fingerprint density at radius 2 is 2.19 bits per heavy atom. The van der Waals surface area contributed by atoms with Crippen LogP contribution in [0.25, 0.3) is 5.57 Å². The van der Waals surface area contributed by atoms with Crippen molar-refractivity contribution >= 4 is 35.8 Å². The van der Waals surface area contributed by atoms with Crippen LogP contribution in [0.4, 0.5) is 0 Å². The molecule has 0 saturated heterocycles. The maximum Gasteiger partial charge on any atom is 0.0756 e. The van der Waals surface area contributed by atoms with Gasteiger partial charge < -0.3 is 5.73 Å². The van der Waals surface area contributed by atoms with E-state index < -0.39 is 0 Å². The second kappa shape index (κ2) is 7.26. The third-order valence-electron chi connectivity index (χ3n) is 3.98. The van der Waals surface area contributed by atoms with Crippen LogP contribution in [-0.2, 0) is 0 Å². The van der Waals surface area contributed by atoms with Crippen LogP contribution in [0, 0.1) is 0 Å². The summed E-state index contributed by atoms with van der Waals surface area (Å²) in [6, 6.07) is 6.38. The van der Waals surface area contributed by atoms with Gasteiger partial charge in [0.25, 0.3) is 0 Å². The van der Waals surface area contributed by atoms with E-state index in [4.69, 9.17) is 22.3 Å². The number of fused-ring (bicyclic) bond motifs is 2. The summed E-state index contributed by atoms with van der Waals surface area (Å²) in [4.78, 5) is 4.78. The van der Waals surface area contributed by atoms with Crippen molar-refractivity contribution in [2.75, 3.05) is 6.54 Å². The first-order valence-electron chi connectivity index (χ1n) is 7.22. The van der Waals surface area contributed by atoms with E-state index in [1.165, 1.54) is 22.3 Å². The van der Waals surface area contributed by atoms with Gasteiger partial charge in [-0.2, -0.15) is 0 Å². The number of benzene rings is 1. The molecule has 1 atom stereocenters. The standard InChI is InChI=1S/C17H19ClN2.ClH/c18-13-7-8-15-14-5-2-1-4-12(14)11-20-17(6-3-9-19)16(15)10-13;/h1,4,7-8,10-11,17H,2-3,5-6,9,19H2;1H. The summed E-state index contributed by atoms with van der Waals surface area (Å²) in [6.07, 6.45) is 10.6. The second-order valence-corrected chi connectivity index (χ2v) is 5.77. The minimum atomic E-state index is 0. The lowest BCUT2D eigenvalue weighted by Crippen LogP contribution is -2.04. The van der Waals surface area contributed by atoms with Crippen molar-refractivity contribution in [1.82, 2.24) is 0 Å². The SMILES string of the molecule is Cl.NCCCC1N=CC2=C(CCC=C2)c2ccc(Cl)cc21.